The van der Waals surface area contributed by atoms with Crippen LogP contribution >= 0.6 is 11.3 Å². The number of aliphatic hydroxyl groups is 1. The van der Waals surface area contributed by atoms with Crippen LogP contribution in [0.1, 0.15) is 16.6 Å². The molecule has 27 heavy (non-hydrogen) atoms. The highest BCUT2D eigenvalue weighted by Gasteiger charge is 2.15. The molecule has 136 valence electrons. The minimum absolute atomic E-state index is 0.143. The van der Waals surface area contributed by atoms with Crippen molar-refractivity contribution in [3.8, 4) is 18.0 Å². The molecule has 0 spiro atoms. The monoisotopic (exact) mass is 380 g/mol. The summed E-state index contributed by atoms with van der Waals surface area (Å²) in [6.45, 7) is -0.287. The largest absolute Gasteiger partial charge is 0.394 e. The average Bonchev–Trinajstić information content (AvgIpc) is 3.14. The van der Waals surface area contributed by atoms with Gasteiger partial charge in [0.25, 0.3) is 5.56 Å². The van der Waals surface area contributed by atoms with Crippen LogP contribution < -0.4 is 16.2 Å². The van der Waals surface area contributed by atoms with Crippen LogP contribution in [0, 0.1) is 12.3 Å². The molecule has 3 aromatic rings. The Morgan fingerprint density at radius 2 is 2.07 bits per heavy atom. The zero-order chi connectivity index (χ0) is 19.2. The van der Waals surface area contributed by atoms with Gasteiger partial charge < -0.3 is 10.4 Å². The van der Waals surface area contributed by atoms with Crippen molar-refractivity contribution in [1.82, 2.24) is 14.9 Å². The fraction of sp³-hybridized carbons (Fsp3) is 0.105. The Kier molecular flexibility index (Phi) is 5.66. The number of urea groups is 1. The molecule has 0 fully saturated rings. The lowest BCUT2D eigenvalue weighted by Crippen LogP contribution is -2.34. The van der Waals surface area contributed by atoms with Gasteiger partial charge in [-0.15, -0.1) is 17.8 Å². The highest BCUT2D eigenvalue weighted by Crippen LogP contribution is 2.16. The number of rotatable bonds is 5. The molecule has 0 aliphatic carbocycles. The summed E-state index contributed by atoms with van der Waals surface area (Å²) in [5.74, 6) is 2.74. The van der Waals surface area contributed by atoms with Gasteiger partial charge in [0, 0.05) is 23.3 Å². The minimum atomic E-state index is -0.614. The Morgan fingerprint density at radius 3 is 2.70 bits per heavy atom. The van der Waals surface area contributed by atoms with E-state index in [-0.39, 0.29) is 12.2 Å². The van der Waals surface area contributed by atoms with Gasteiger partial charge in [-0.05, 0) is 29.7 Å². The highest BCUT2D eigenvalue weighted by atomic mass is 32.1. The molecule has 1 atom stereocenters. The molecule has 7 nitrogen and oxygen atoms in total. The molecule has 0 radical (unpaired) electrons. The lowest BCUT2D eigenvalue weighted by Gasteiger charge is -2.17. The predicted octanol–water partition coefficient (Wildman–Crippen LogP) is 2.13. The van der Waals surface area contributed by atoms with Gasteiger partial charge in [0.05, 0.1) is 12.6 Å². The summed E-state index contributed by atoms with van der Waals surface area (Å²) in [6, 6.07) is 10.8. The zero-order valence-corrected chi connectivity index (χ0v) is 14.9. The van der Waals surface area contributed by atoms with E-state index < -0.39 is 12.1 Å². The second kappa shape index (κ2) is 8.31. The van der Waals surface area contributed by atoms with E-state index in [0.29, 0.717) is 22.1 Å². The van der Waals surface area contributed by atoms with E-state index in [1.54, 1.807) is 48.0 Å². The van der Waals surface area contributed by atoms with Crippen molar-refractivity contribution >= 4 is 23.2 Å². The molecule has 3 N–H and O–H groups in total. The van der Waals surface area contributed by atoms with Crippen LogP contribution in [0.25, 0.3) is 5.69 Å². The summed E-state index contributed by atoms with van der Waals surface area (Å²) in [5, 5.41) is 17.0. The Morgan fingerprint density at radius 1 is 1.30 bits per heavy atom. The summed E-state index contributed by atoms with van der Waals surface area (Å²) in [6.07, 6.45) is 6.92. The van der Waals surface area contributed by atoms with Crippen LogP contribution in [-0.2, 0) is 0 Å². The van der Waals surface area contributed by atoms with Crippen LogP contribution in [0.15, 0.2) is 58.8 Å². The summed E-state index contributed by atoms with van der Waals surface area (Å²) >= 11 is 1.25. The number of hydrogen-bond donors (Lipinski definition) is 3. The van der Waals surface area contributed by atoms with Crippen molar-refractivity contribution in [3.63, 3.8) is 0 Å². The molecule has 1 aromatic carbocycles. The molecule has 3 rings (SSSR count). The van der Waals surface area contributed by atoms with Gasteiger partial charge in [-0.3, -0.25) is 14.7 Å². The molecule has 8 heteroatoms. The Hall–Kier alpha value is -3.41. The number of amides is 2. The molecular formula is C19H16N4O3S. The third-order valence-electron chi connectivity index (χ3n) is 3.75. The molecule has 0 bridgehead atoms. The smallest absolute Gasteiger partial charge is 0.320 e. The lowest BCUT2D eigenvalue weighted by atomic mass is 10.1. The lowest BCUT2D eigenvalue weighted by molar-refractivity contribution is 0.225. The number of nitrogens with one attached hydrogen (secondary N) is 2. The number of nitrogens with zero attached hydrogens (tertiary/aromatic N) is 2. The van der Waals surface area contributed by atoms with Crippen LogP contribution in [-0.4, -0.2) is 27.3 Å². The summed E-state index contributed by atoms with van der Waals surface area (Å²) in [4.78, 5) is 28.0. The van der Waals surface area contributed by atoms with Gasteiger partial charge in [0.1, 0.15) is 5.82 Å². The van der Waals surface area contributed by atoms with Crippen LogP contribution in [0.4, 0.5) is 10.6 Å². The SMILES string of the molecule is C#Cc1nc(NC(=O)NC(CO)c2ccc(-n3ccccc3=O)cc2)cs1. The van der Waals surface area contributed by atoms with Gasteiger partial charge >= 0.3 is 6.03 Å². The third kappa shape index (κ3) is 4.41. The molecule has 0 saturated heterocycles. The Bertz CT molecular complexity index is 1030. The number of terminal acetylenes is 1. The van der Waals surface area contributed by atoms with Crippen molar-refractivity contribution in [1.29, 1.82) is 0 Å². The number of benzene rings is 1. The van der Waals surface area contributed by atoms with Crippen molar-refractivity contribution < 1.29 is 9.90 Å². The van der Waals surface area contributed by atoms with Gasteiger partial charge in [-0.25, -0.2) is 9.78 Å². The topological polar surface area (TPSA) is 96.2 Å². The first kappa shape index (κ1) is 18.4. The number of carbonyl (C=O) groups is 1. The number of anilines is 1. The molecule has 2 amide bonds. The van der Waals surface area contributed by atoms with Gasteiger partial charge in [-0.1, -0.05) is 18.2 Å². The van der Waals surface area contributed by atoms with Crippen molar-refractivity contribution in [2.75, 3.05) is 11.9 Å². The molecule has 2 heterocycles. The molecule has 0 aliphatic heterocycles. The second-order valence-corrected chi connectivity index (χ2v) is 6.37. The first-order chi connectivity index (χ1) is 13.1. The number of aromatic nitrogens is 2. The first-order valence-corrected chi connectivity index (χ1v) is 8.87. The standard InChI is InChI=1S/C19H16N4O3S/c1-2-17-21-16(12-27-17)22-19(26)20-15(11-24)13-6-8-14(9-7-13)23-10-4-3-5-18(23)25/h1,3-10,12,15,24H,11H2,(H2,20,22,26). The Balaban J connectivity index is 1.70. The first-order valence-electron chi connectivity index (χ1n) is 7.99. The highest BCUT2D eigenvalue weighted by molar-refractivity contribution is 7.10. The maximum Gasteiger partial charge on any atom is 0.320 e. The van der Waals surface area contributed by atoms with Crippen molar-refractivity contribution in [3.05, 3.63) is 75.0 Å². The van der Waals surface area contributed by atoms with Crippen molar-refractivity contribution in [2.24, 2.45) is 0 Å². The molecule has 0 saturated carbocycles. The van der Waals surface area contributed by atoms with E-state index >= 15 is 0 Å². The summed E-state index contributed by atoms with van der Waals surface area (Å²) in [5.41, 5.74) is 1.24. The van der Waals surface area contributed by atoms with E-state index in [0.717, 1.165) is 0 Å². The second-order valence-electron chi connectivity index (χ2n) is 5.52. The number of hydrogen-bond acceptors (Lipinski definition) is 5. The van der Waals surface area contributed by atoms with Crippen LogP contribution in [0.3, 0.4) is 0 Å². The maximum absolute atomic E-state index is 12.1. The molecular weight excluding hydrogens is 364 g/mol. The molecule has 0 aliphatic rings. The van der Waals surface area contributed by atoms with Gasteiger partial charge in [0.15, 0.2) is 5.01 Å². The van der Waals surface area contributed by atoms with Crippen LogP contribution in [0.2, 0.25) is 0 Å². The van der Waals surface area contributed by atoms with E-state index in [1.807, 2.05) is 0 Å². The Labute approximate surface area is 159 Å². The minimum Gasteiger partial charge on any atom is -0.394 e. The van der Waals surface area contributed by atoms with E-state index in [1.165, 1.54) is 22.0 Å². The maximum atomic E-state index is 12.1. The van der Waals surface area contributed by atoms with E-state index in [9.17, 15) is 14.7 Å². The predicted molar refractivity (Wildman–Crippen MR) is 104 cm³/mol. The normalized spacial score (nSPS) is 11.4. The van der Waals surface area contributed by atoms with Crippen LogP contribution in [0.5, 0.6) is 0 Å². The number of aliphatic hydroxyl groups excluding tert-OH is 1. The molecule has 2 aromatic heterocycles. The molecule has 1 unspecified atom stereocenters. The number of carbonyl (C=O) groups excluding carboxylic acids is 1. The summed E-state index contributed by atoms with van der Waals surface area (Å²) < 4.78 is 1.50. The van der Waals surface area contributed by atoms with E-state index in [4.69, 9.17) is 6.42 Å². The number of pyridine rings is 1. The average molecular weight is 380 g/mol. The van der Waals surface area contributed by atoms with Gasteiger partial charge in [-0.2, -0.15) is 0 Å². The fourth-order valence-corrected chi connectivity index (χ4v) is 3.00. The number of thiazole rings is 1. The quantitative estimate of drug-likeness (QED) is 0.591. The zero-order valence-electron chi connectivity index (χ0n) is 14.1. The van der Waals surface area contributed by atoms with E-state index in [2.05, 4.69) is 21.5 Å². The van der Waals surface area contributed by atoms with Crippen molar-refractivity contribution in [2.45, 2.75) is 6.04 Å². The van der Waals surface area contributed by atoms with Gasteiger partial charge in [0.2, 0.25) is 0 Å². The summed E-state index contributed by atoms with van der Waals surface area (Å²) in [7, 11) is 0. The fourth-order valence-electron chi connectivity index (χ4n) is 2.45. The third-order valence-corrected chi connectivity index (χ3v) is 4.53.